The fraction of sp³-hybridized carbons (Fsp3) is 0.444. The van der Waals surface area contributed by atoms with Gasteiger partial charge in [-0.25, -0.2) is 4.68 Å². The molecule has 26 heavy (non-hydrogen) atoms. The van der Waals surface area contributed by atoms with E-state index in [0.717, 1.165) is 11.3 Å². The van der Waals surface area contributed by atoms with Gasteiger partial charge in [-0.3, -0.25) is 9.00 Å². The molecule has 0 saturated heterocycles. The van der Waals surface area contributed by atoms with Crippen LogP contribution in [0.2, 0.25) is 0 Å². The van der Waals surface area contributed by atoms with Crippen LogP contribution in [-0.2, 0) is 27.8 Å². The number of benzene rings is 1. The van der Waals surface area contributed by atoms with Gasteiger partial charge in [0, 0.05) is 16.4 Å². The summed E-state index contributed by atoms with van der Waals surface area (Å²) in [5, 5.41) is 7.54. The Morgan fingerprint density at radius 3 is 2.35 bits per heavy atom. The fourth-order valence-corrected chi connectivity index (χ4v) is 4.25. The van der Waals surface area contributed by atoms with Crippen molar-refractivity contribution in [2.45, 2.75) is 37.8 Å². The van der Waals surface area contributed by atoms with Crippen molar-refractivity contribution in [1.82, 2.24) is 9.78 Å². The van der Waals surface area contributed by atoms with E-state index in [1.165, 1.54) is 14.2 Å². The summed E-state index contributed by atoms with van der Waals surface area (Å²) in [5.41, 5.74) is 1.59. The summed E-state index contributed by atoms with van der Waals surface area (Å²) in [4.78, 5) is 13.0. The topological polar surface area (TPSA) is 82.4 Å². The second-order valence-electron chi connectivity index (χ2n) is 7.08. The van der Waals surface area contributed by atoms with Crippen molar-refractivity contribution < 1.29 is 18.5 Å². The van der Waals surface area contributed by atoms with Gasteiger partial charge in [0.2, 0.25) is 0 Å². The zero-order chi connectivity index (χ0) is 19.1. The molecule has 0 radical (unpaired) electrons. The molecule has 1 aromatic carbocycles. The summed E-state index contributed by atoms with van der Waals surface area (Å²) in [5.74, 6) is 1.87. The number of carbonyl (C=O) groups is 1. The largest absolute Gasteiger partial charge is 0.496 e. The van der Waals surface area contributed by atoms with Gasteiger partial charge >= 0.3 is 0 Å². The van der Waals surface area contributed by atoms with Crippen LogP contribution in [-0.4, -0.2) is 34.1 Å². The Kier molecular flexibility index (Phi) is 4.79. The quantitative estimate of drug-likeness (QED) is 0.886. The Bertz CT molecular complexity index is 861. The lowest BCUT2D eigenvalue weighted by molar-refractivity contribution is 0.101. The molecule has 0 saturated carbocycles. The molecule has 0 aliphatic carbocycles. The van der Waals surface area contributed by atoms with Gasteiger partial charge in [-0.05, 0) is 32.9 Å². The number of methoxy groups -OCH3 is 2. The molecule has 1 aromatic heterocycles. The maximum atomic E-state index is 13.0. The van der Waals surface area contributed by atoms with Crippen LogP contribution >= 0.6 is 0 Å². The van der Waals surface area contributed by atoms with Gasteiger partial charge in [-0.15, -0.1) is 0 Å². The Balaban J connectivity index is 2.05. The van der Waals surface area contributed by atoms with Crippen molar-refractivity contribution in [2.75, 3.05) is 19.5 Å². The lowest BCUT2D eigenvalue weighted by Gasteiger charge is -2.23. The first-order valence-electron chi connectivity index (χ1n) is 8.24. The summed E-state index contributed by atoms with van der Waals surface area (Å²) in [6.07, 6.45) is 0. The minimum atomic E-state index is -0.981. The molecular formula is C18H23N3O4S. The number of hydrogen-bond acceptors (Lipinski definition) is 5. The normalized spacial score (nSPS) is 16.3. The molecule has 3 rings (SSSR count). The first kappa shape index (κ1) is 18.4. The van der Waals surface area contributed by atoms with Crippen LogP contribution < -0.4 is 14.8 Å². The number of carbonyl (C=O) groups excluding carboxylic acids is 1. The lowest BCUT2D eigenvalue weighted by atomic mass is 10.1. The van der Waals surface area contributed by atoms with E-state index in [4.69, 9.17) is 9.47 Å². The predicted molar refractivity (Wildman–Crippen MR) is 100 cm³/mol. The molecule has 1 amide bonds. The minimum Gasteiger partial charge on any atom is -0.496 e. The van der Waals surface area contributed by atoms with Gasteiger partial charge in [-0.1, -0.05) is 6.07 Å². The average Bonchev–Trinajstić information content (AvgIpc) is 3.10. The summed E-state index contributed by atoms with van der Waals surface area (Å²) >= 11 is 0. The molecule has 0 bridgehead atoms. The summed E-state index contributed by atoms with van der Waals surface area (Å²) in [7, 11) is 2.03. The van der Waals surface area contributed by atoms with Gasteiger partial charge in [-0.2, -0.15) is 5.10 Å². The maximum absolute atomic E-state index is 13.0. The number of hydrogen-bond donors (Lipinski definition) is 1. The highest BCUT2D eigenvalue weighted by molar-refractivity contribution is 7.83. The van der Waals surface area contributed by atoms with E-state index in [1.807, 2.05) is 20.8 Å². The molecule has 1 aliphatic rings. The van der Waals surface area contributed by atoms with Crippen LogP contribution in [0.3, 0.4) is 0 Å². The fourth-order valence-electron chi connectivity index (χ4n) is 2.99. The summed E-state index contributed by atoms with van der Waals surface area (Å²) < 4.78 is 24.4. The van der Waals surface area contributed by atoms with Crippen LogP contribution in [0.4, 0.5) is 5.82 Å². The minimum absolute atomic E-state index is 0.312. The molecular weight excluding hydrogens is 354 g/mol. The molecule has 0 spiro atoms. The van der Waals surface area contributed by atoms with E-state index in [-0.39, 0.29) is 11.4 Å². The zero-order valence-corrected chi connectivity index (χ0v) is 16.4. The molecule has 140 valence electrons. The third kappa shape index (κ3) is 3.21. The number of rotatable bonds is 4. The average molecular weight is 377 g/mol. The van der Waals surface area contributed by atoms with Gasteiger partial charge < -0.3 is 14.8 Å². The Labute approximate surface area is 155 Å². The van der Waals surface area contributed by atoms with Crippen LogP contribution in [0.5, 0.6) is 11.5 Å². The van der Waals surface area contributed by atoms with E-state index < -0.39 is 10.8 Å². The molecule has 2 heterocycles. The molecule has 1 N–H and O–H groups in total. The number of aromatic nitrogens is 2. The standard InChI is InChI=1S/C18H23N3O4S/c1-18(2,3)21-16(11-9-26(23)10-12(11)20-21)19-17(22)15-13(24-4)7-6-8-14(15)25-5/h6-8H,9-10H2,1-5H3,(H,19,22). The van der Waals surface area contributed by atoms with Crippen molar-refractivity contribution in [3.63, 3.8) is 0 Å². The predicted octanol–water partition coefficient (Wildman–Crippen LogP) is 2.67. The van der Waals surface area contributed by atoms with Crippen molar-refractivity contribution in [3.05, 3.63) is 35.0 Å². The van der Waals surface area contributed by atoms with Crippen LogP contribution in [0, 0.1) is 0 Å². The molecule has 1 unspecified atom stereocenters. The maximum Gasteiger partial charge on any atom is 0.264 e. The third-order valence-electron chi connectivity index (χ3n) is 4.19. The lowest BCUT2D eigenvalue weighted by Crippen LogP contribution is -2.27. The van der Waals surface area contributed by atoms with E-state index in [2.05, 4.69) is 10.4 Å². The number of nitrogens with zero attached hydrogens (tertiary/aromatic N) is 2. The third-order valence-corrected chi connectivity index (χ3v) is 5.40. The highest BCUT2D eigenvalue weighted by Crippen LogP contribution is 2.35. The highest BCUT2D eigenvalue weighted by atomic mass is 32.2. The Morgan fingerprint density at radius 1 is 1.19 bits per heavy atom. The molecule has 2 aromatic rings. The van der Waals surface area contributed by atoms with Crippen molar-refractivity contribution in [3.8, 4) is 11.5 Å². The van der Waals surface area contributed by atoms with Crippen LogP contribution in [0.25, 0.3) is 0 Å². The Hall–Kier alpha value is -2.35. The highest BCUT2D eigenvalue weighted by Gasteiger charge is 2.32. The first-order chi connectivity index (χ1) is 12.3. The number of nitrogens with one attached hydrogen (secondary N) is 1. The smallest absolute Gasteiger partial charge is 0.264 e. The number of amides is 1. The van der Waals surface area contributed by atoms with E-state index >= 15 is 0 Å². The summed E-state index contributed by atoms with van der Waals surface area (Å²) in [6, 6.07) is 5.17. The van der Waals surface area contributed by atoms with E-state index in [1.54, 1.807) is 22.9 Å². The van der Waals surface area contributed by atoms with Gasteiger partial charge in [0.25, 0.3) is 5.91 Å². The molecule has 1 atom stereocenters. The molecule has 1 aliphatic heterocycles. The first-order valence-corrected chi connectivity index (χ1v) is 9.73. The van der Waals surface area contributed by atoms with Crippen molar-refractivity contribution >= 4 is 22.5 Å². The second-order valence-corrected chi connectivity index (χ2v) is 8.53. The van der Waals surface area contributed by atoms with Crippen molar-refractivity contribution in [1.29, 1.82) is 0 Å². The number of ether oxygens (including phenoxy) is 2. The number of fused-ring (bicyclic) bond motifs is 1. The van der Waals surface area contributed by atoms with E-state index in [9.17, 15) is 9.00 Å². The molecule has 7 nitrogen and oxygen atoms in total. The van der Waals surface area contributed by atoms with E-state index in [0.29, 0.717) is 34.4 Å². The monoisotopic (exact) mass is 377 g/mol. The van der Waals surface area contributed by atoms with Gasteiger partial charge in [0.15, 0.2) is 0 Å². The Morgan fingerprint density at radius 2 is 1.81 bits per heavy atom. The second kappa shape index (κ2) is 6.75. The SMILES string of the molecule is COc1cccc(OC)c1C(=O)Nc1c2c(nn1C(C)(C)C)CS(=O)C2. The van der Waals surface area contributed by atoms with Gasteiger partial charge in [0.1, 0.15) is 22.9 Å². The molecule has 8 heteroatoms. The van der Waals surface area contributed by atoms with Crippen LogP contribution in [0.1, 0.15) is 42.4 Å². The molecule has 0 fully saturated rings. The van der Waals surface area contributed by atoms with Crippen molar-refractivity contribution in [2.24, 2.45) is 0 Å². The van der Waals surface area contributed by atoms with Crippen LogP contribution in [0.15, 0.2) is 18.2 Å². The zero-order valence-electron chi connectivity index (χ0n) is 15.6. The summed E-state index contributed by atoms with van der Waals surface area (Å²) in [6.45, 7) is 6.02. The van der Waals surface area contributed by atoms with Gasteiger partial charge in [0.05, 0.1) is 37.0 Å². The number of anilines is 1.